The van der Waals surface area contributed by atoms with Crippen LogP contribution >= 0.6 is 22.7 Å². The van der Waals surface area contributed by atoms with Gasteiger partial charge in [0.25, 0.3) is 0 Å². The molecule has 1 fully saturated rings. The van der Waals surface area contributed by atoms with Gasteiger partial charge in [0.1, 0.15) is 5.54 Å². The summed E-state index contributed by atoms with van der Waals surface area (Å²) >= 11 is 3.37. The zero-order valence-corrected chi connectivity index (χ0v) is 16.9. The number of ether oxygens (including phenoxy) is 1. The summed E-state index contributed by atoms with van der Waals surface area (Å²) in [5.74, 6) is 0.0383. The van der Waals surface area contributed by atoms with E-state index in [0.29, 0.717) is 13.2 Å². The van der Waals surface area contributed by atoms with Crippen LogP contribution in [0.3, 0.4) is 0 Å². The third kappa shape index (κ3) is 4.82. The Labute approximate surface area is 162 Å². The van der Waals surface area contributed by atoms with E-state index in [9.17, 15) is 4.79 Å². The number of hydrogen-bond acceptors (Lipinski definition) is 7. The summed E-state index contributed by atoms with van der Waals surface area (Å²) in [7, 11) is 1.64. The molecule has 3 rings (SSSR count). The van der Waals surface area contributed by atoms with Gasteiger partial charge in [-0.15, -0.1) is 22.7 Å². The molecule has 142 valence electrons. The fraction of sp³-hybridized carbons (Fsp3) is 0.556. The SMILES string of the molecule is COCCNC(=O)C1(Nc2nccs2)CCN(Cc2ccc(C)s2)CC1. The molecule has 1 saturated heterocycles. The van der Waals surface area contributed by atoms with Crippen molar-refractivity contribution in [3.05, 3.63) is 33.5 Å². The monoisotopic (exact) mass is 394 g/mol. The number of carbonyl (C=O) groups excluding carboxylic acids is 1. The number of methoxy groups -OCH3 is 1. The maximum absolute atomic E-state index is 12.9. The van der Waals surface area contributed by atoms with Crippen LogP contribution in [0, 0.1) is 6.92 Å². The highest BCUT2D eigenvalue weighted by Crippen LogP contribution is 2.30. The van der Waals surface area contributed by atoms with Crippen molar-refractivity contribution in [2.45, 2.75) is 31.8 Å². The first-order valence-electron chi connectivity index (χ1n) is 8.84. The van der Waals surface area contributed by atoms with Crippen molar-refractivity contribution < 1.29 is 9.53 Å². The lowest BCUT2D eigenvalue weighted by Gasteiger charge is -2.41. The van der Waals surface area contributed by atoms with E-state index < -0.39 is 5.54 Å². The van der Waals surface area contributed by atoms with Gasteiger partial charge < -0.3 is 15.4 Å². The first-order valence-corrected chi connectivity index (χ1v) is 10.5. The Balaban J connectivity index is 1.64. The molecule has 0 saturated carbocycles. The van der Waals surface area contributed by atoms with Crippen LogP contribution in [0.2, 0.25) is 0 Å². The summed E-state index contributed by atoms with van der Waals surface area (Å²) in [6, 6.07) is 4.37. The van der Waals surface area contributed by atoms with Gasteiger partial charge in [0.2, 0.25) is 5.91 Å². The summed E-state index contributed by atoms with van der Waals surface area (Å²) in [6.45, 7) is 5.90. The van der Waals surface area contributed by atoms with Crippen molar-refractivity contribution in [2.75, 3.05) is 38.7 Å². The van der Waals surface area contributed by atoms with Crippen LogP contribution in [0.4, 0.5) is 5.13 Å². The van der Waals surface area contributed by atoms with Gasteiger partial charge in [-0.05, 0) is 31.9 Å². The van der Waals surface area contributed by atoms with Gasteiger partial charge in [-0.3, -0.25) is 9.69 Å². The van der Waals surface area contributed by atoms with Crippen LogP contribution in [0.5, 0.6) is 0 Å². The van der Waals surface area contributed by atoms with Crippen LogP contribution in [-0.4, -0.2) is 54.7 Å². The Bertz CT molecular complexity index is 694. The number of piperidine rings is 1. The molecule has 2 aromatic heterocycles. The van der Waals surface area contributed by atoms with Gasteiger partial charge in [-0.25, -0.2) is 4.98 Å². The van der Waals surface area contributed by atoms with Crippen molar-refractivity contribution >= 4 is 33.7 Å². The second kappa shape index (κ2) is 8.94. The van der Waals surface area contributed by atoms with Crippen LogP contribution in [-0.2, 0) is 16.1 Å². The Morgan fingerprint density at radius 2 is 2.19 bits per heavy atom. The smallest absolute Gasteiger partial charge is 0.245 e. The first kappa shape index (κ1) is 19.3. The predicted octanol–water partition coefficient (Wildman–Crippen LogP) is 2.72. The second-order valence-electron chi connectivity index (χ2n) is 6.58. The van der Waals surface area contributed by atoms with E-state index in [4.69, 9.17) is 4.74 Å². The van der Waals surface area contributed by atoms with Crippen LogP contribution in [0.15, 0.2) is 23.7 Å². The minimum Gasteiger partial charge on any atom is -0.383 e. The molecule has 2 N–H and O–H groups in total. The van der Waals surface area contributed by atoms with Gasteiger partial charge >= 0.3 is 0 Å². The zero-order valence-electron chi connectivity index (χ0n) is 15.3. The topological polar surface area (TPSA) is 66.5 Å². The number of amides is 1. The lowest BCUT2D eigenvalue weighted by atomic mass is 9.86. The summed E-state index contributed by atoms with van der Waals surface area (Å²) in [5.41, 5.74) is -0.604. The highest BCUT2D eigenvalue weighted by atomic mass is 32.1. The fourth-order valence-electron chi connectivity index (χ4n) is 3.22. The Hall–Kier alpha value is -1.48. The standard InChI is InChI=1S/C18H26N4O2S2/c1-14-3-4-15(26-14)13-22-9-5-18(6-10-22,16(23)19-7-11-24-2)21-17-20-8-12-25-17/h3-4,8,12H,5-7,9-11,13H2,1-2H3,(H,19,23)(H,20,21). The second-order valence-corrected chi connectivity index (χ2v) is 8.85. The number of nitrogens with one attached hydrogen (secondary N) is 2. The number of hydrogen-bond donors (Lipinski definition) is 2. The number of aromatic nitrogens is 1. The number of likely N-dealkylation sites (tertiary alicyclic amines) is 1. The Morgan fingerprint density at radius 3 is 2.81 bits per heavy atom. The molecule has 0 atom stereocenters. The largest absolute Gasteiger partial charge is 0.383 e. The molecule has 8 heteroatoms. The molecule has 3 heterocycles. The third-order valence-corrected chi connectivity index (χ3v) is 6.36. The lowest BCUT2D eigenvalue weighted by Crippen LogP contribution is -2.58. The van der Waals surface area contributed by atoms with E-state index in [2.05, 4.69) is 39.6 Å². The van der Waals surface area contributed by atoms with Gasteiger partial charge in [0.15, 0.2) is 5.13 Å². The molecular formula is C18H26N4O2S2. The molecule has 0 radical (unpaired) electrons. The van der Waals surface area contributed by atoms with E-state index in [-0.39, 0.29) is 5.91 Å². The van der Waals surface area contributed by atoms with Crippen molar-refractivity contribution in [2.24, 2.45) is 0 Å². The van der Waals surface area contributed by atoms with Crippen LogP contribution in [0.1, 0.15) is 22.6 Å². The molecule has 1 aliphatic rings. The van der Waals surface area contributed by atoms with Crippen molar-refractivity contribution in [1.82, 2.24) is 15.2 Å². The molecule has 0 bridgehead atoms. The number of anilines is 1. The molecule has 6 nitrogen and oxygen atoms in total. The van der Waals surface area contributed by atoms with Crippen LogP contribution < -0.4 is 10.6 Å². The summed E-state index contributed by atoms with van der Waals surface area (Å²) in [5, 5.41) is 9.15. The maximum Gasteiger partial charge on any atom is 0.245 e. The van der Waals surface area contributed by atoms with E-state index in [1.165, 1.54) is 21.1 Å². The molecule has 0 unspecified atom stereocenters. The van der Waals surface area contributed by atoms with Gasteiger partial charge in [0, 0.05) is 54.6 Å². The molecule has 1 aliphatic heterocycles. The van der Waals surface area contributed by atoms with Crippen molar-refractivity contribution in [3.8, 4) is 0 Å². The van der Waals surface area contributed by atoms with E-state index >= 15 is 0 Å². The molecule has 0 aromatic carbocycles. The molecule has 1 amide bonds. The fourth-order valence-corrected chi connectivity index (χ4v) is 4.78. The average molecular weight is 395 g/mol. The molecule has 0 aliphatic carbocycles. The number of aryl methyl sites for hydroxylation is 1. The summed E-state index contributed by atoms with van der Waals surface area (Å²) < 4.78 is 5.05. The quantitative estimate of drug-likeness (QED) is 0.674. The molecular weight excluding hydrogens is 368 g/mol. The minimum absolute atomic E-state index is 0.0383. The van der Waals surface area contributed by atoms with Gasteiger partial charge in [-0.2, -0.15) is 0 Å². The number of carbonyl (C=O) groups is 1. The maximum atomic E-state index is 12.9. The number of rotatable bonds is 8. The van der Waals surface area contributed by atoms with E-state index in [1.54, 1.807) is 13.3 Å². The molecule has 2 aromatic rings. The predicted molar refractivity (Wildman–Crippen MR) is 107 cm³/mol. The van der Waals surface area contributed by atoms with E-state index in [0.717, 1.165) is 37.6 Å². The highest BCUT2D eigenvalue weighted by Gasteiger charge is 2.41. The lowest BCUT2D eigenvalue weighted by molar-refractivity contribution is -0.127. The average Bonchev–Trinajstić information content (AvgIpc) is 3.28. The van der Waals surface area contributed by atoms with Crippen molar-refractivity contribution in [1.29, 1.82) is 0 Å². The van der Waals surface area contributed by atoms with Crippen molar-refractivity contribution in [3.63, 3.8) is 0 Å². The highest BCUT2D eigenvalue weighted by molar-refractivity contribution is 7.13. The van der Waals surface area contributed by atoms with E-state index in [1.807, 2.05) is 16.7 Å². The first-order chi connectivity index (χ1) is 12.6. The third-order valence-electron chi connectivity index (χ3n) is 4.69. The minimum atomic E-state index is -0.604. The summed E-state index contributed by atoms with van der Waals surface area (Å²) in [6.07, 6.45) is 3.28. The molecule has 0 spiro atoms. The Kier molecular flexibility index (Phi) is 6.63. The zero-order chi connectivity index (χ0) is 18.4. The Morgan fingerprint density at radius 1 is 1.38 bits per heavy atom. The van der Waals surface area contributed by atoms with Gasteiger partial charge in [0.05, 0.1) is 6.61 Å². The van der Waals surface area contributed by atoms with Gasteiger partial charge in [-0.1, -0.05) is 0 Å². The van der Waals surface area contributed by atoms with Crippen LogP contribution in [0.25, 0.3) is 0 Å². The normalized spacial score (nSPS) is 17.2. The summed E-state index contributed by atoms with van der Waals surface area (Å²) in [4.78, 5) is 22.4. The number of thiazole rings is 1. The molecule has 26 heavy (non-hydrogen) atoms. The number of nitrogens with zero attached hydrogens (tertiary/aromatic N) is 2. The number of thiophene rings is 1.